The minimum atomic E-state index is 0.00325. The van der Waals surface area contributed by atoms with Gasteiger partial charge < -0.3 is 9.84 Å². The van der Waals surface area contributed by atoms with E-state index < -0.39 is 0 Å². The van der Waals surface area contributed by atoms with E-state index in [-0.39, 0.29) is 13.2 Å². The first kappa shape index (κ1) is 9.67. The largest absolute Gasteiger partial charge is 0.490 e. The molecule has 2 heterocycles. The number of aliphatic hydroxyl groups is 1. The Morgan fingerprint density at radius 2 is 2.33 bits per heavy atom. The summed E-state index contributed by atoms with van der Waals surface area (Å²) in [7, 11) is 0. The zero-order chi connectivity index (χ0) is 10.5. The van der Waals surface area contributed by atoms with Crippen LogP contribution < -0.4 is 4.74 Å². The van der Waals surface area contributed by atoms with Crippen LogP contribution in [0.1, 0.15) is 0 Å². The fourth-order valence-electron chi connectivity index (χ4n) is 1.17. The van der Waals surface area contributed by atoms with Crippen LogP contribution in [0.2, 0.25) is 0 Å². The van der Waals surface area contributed by atoms with Crippen molar-refractivity contribution < 1.29 is 9.84 Å². The maximum atomic E-state index is 8.57. The van der Waals surface area contributed by atoms with E-state index in [1.807, 2.05) is 12.3 Å². The molecule has 0 saturated heterocycles. The molecule has 0 saturated carbocycles. The molecule has 0 radical (unpaired) electrons. The first-order valence-corrected chi connectivity index (χ1v) is 4.58. The molecule has 0 fully saturated rings. The highest BCUT2D eigenvalue weighted by Crippen LogP contribution is 2.11. The molecule has 0 aliphatic carbocycles. The van der Waals surface area contributed by atoms with Crippen LogP contribution in [0.5, 0.6) is 5.75 Å². The average Bonchev–Trinajstić information content (AvgIpc) is 2.80. The molecule has 15 heavy (non-hydrogen) atoms. The van der Waals surface area contributed by atoms with E-state index in [0.717, 1.165) is 5.82 Å². The van der Waals surface area contributed by atoms with Crippen molar-refractivity contribution >= 4 is 0 Å². The molecule has 0 unspecified atom stereocenters. The van der Waals surface area contributed by atoms with Gasteiger partial charge in [0.15, 0.2) is 0 Å². The van der Waals surface area contributed by atoms with Crippen molar-refractivity contribution in [2.24, 2.45) is 0 Å². The van der Waals surface area contributed by atoms with E-state index in [1.165, 1.54) is 0 Å². The zero-order valence-electron chi connectivity index (χ0n) is 8.08. The first-order chi connectivity index (χ1) is 7.40. The van der Waals surface area contributed by atoms with Gasteiger partial charge in [0.1, 0.15) is 24.5 Å². The number of rotatable bonds is 4. The first-order valence-electron chi connectivity index (χ1n) is 4.58. The smallest absolute Gasteiger partial charge is 0.138 e. The predicted molar refractivity (Wildman–Crippen MR) is 53.9 cm³/mol. The van der Waals surface area contributed by atoms with Gasteiger partial charge in [0.2, 0.25) is 0 Å². The summed E-state index contributed by atoms with van der Waals surface area (Å²) in [6, 6.07) is 3.63. The maximum absolute atomic E-state index is 8.57. The van der Waals surface area contributed by atoms with E-state index in [4.69, 9.17) is 9.84 Å². The van der Waals surface area contributed by atoms with Gasteiger partial charge in [-0.2, -0.15) is 0 Å². The number of aromatic nitrogens is 3. The van der Waals surface area contributed by atoms with Crippen molar-refractivity contribution in [3.63, 3.8) is 0 Å². The Labute approximate surface area is 87.0 Å². The number of imidazole rings is 1. The van der Waals surface area contributed by atoms with Crippen LogP contribution in [0, 0.1) is 0 Å². The lowest BCUT2D eigenvalue weighted by molar-refractivity contribution is 0.201. The molecule has 0 amide bonds. The second-order valence-corrected chi connectivity index (χ2v) is 2.89. The summed E-state index contributed by atoms with van der Waals surface area (Å²) in [6.07, 6.45) is 6.80. The maximum Gasteiger partial charge on any atom is 0.138 e. The highest BCUT2D eigenvalue weighted by atomic mass is 16.5. The van der Waals surface area contributed by atoms with Gasteiger partial charge >= 0.3 is 0 Å². The van der Waals surface area contributed by atoms with Gasteiger partial charge in [-0.25, -0.2) is 9.97 Å². The molecule has 5 heteroatoms. The molecule has 0 aliphatic rings. The molecule has 0 atom stereocenters. The highest BCUT2D eigenvalue weighted by molar-refractivity contribution is 5.28. The second kappa shape index (κ2) is 4.56. The Bertz CT molecular complexity index is 397. The molecule has 78 valence electrons. The van der Waals surface area contributed by atoms with Crippen LogP contribution >= 0.6 is 0 Å². The van der Waals surface area contributed by atoms with Gasteiger partial charge in [-0.3, -0.25) is 4.57 Å². The van der Waals surface area contributed by atoms with Gasteiger partial charge in [-0.05, 0) is 12.1 Å². The SMILES string of the molecule is OCCOc1ccc(-n2ccnc2)nc1. The van der Waals surface area contributed by atoms with Crippen LogP contribution in [-0.2, 0) is 0 Å². The fourth-order valence-corrected chi connectivity index (χ4v) is 1.17. The molecule has 0 aliphatic heterocycles. The Hall–Kier alpha value is -1.88. The second-order valence-electron chi connectivity index (χ2n) is 2.89. The molecule has 0 spiro atoms. The van der Waals surface area contributed by atoms with Crippen LogP contribution in [0.25, 0.3) is 5.82 Å². The third kappa shape index (κ3) is 2.32. The minimum Gasteiger partial charge on any atom is -0.490 e. The molecule has 2 aromatic heterocycles. The van der Waals surface area contributed by atoms with Crippen molar-refractivity contribution in [3.8, 4) is 11.6 Å². The molecule has 5 nitrogen and oxygen atoms in total. The lowest BCUT2D eigenvalue weighted by Gasteiger charge is -2.04. The van der Waals surface area contributed by atoms with Crippen molar-refractivity contribution in [1.82, 2.24) is 14.5 Å². The number of pyridine rings is 1. The Morgan fingerprint density at radius 1 is 1.40 bits per heavy atom. The molecule has 2 rings (SSSR count). The predicted octanol–water partition coefficient (Wildman–Crippen LogP) is 0.638. The van der Waals surface area contributed by atoms with E-state index >= 15 is 0 Å². The summed E-state index contributed by atoms with van der Waals surface area (Å²) in [5, 5.41) is 8.57. The molecular formula is C10H11N3O2. The lowest BCUT2D eigenvalue weighted by atomic mass is 10.4. The van der Waals surface area contributed by atoms with Crippen LogP contribution in [0.3, 0.4) is 0 Å². The summed E-state index contributed by atoms with van der Waals surface area (Å²) in [6.45, 7) is 0.287. The van der Waals surface area contributed by atoms with Gasteiger partial charge in [0.25, 0.3) is 0 Å². The quantitative estimate of drug-likeness (QED) is 0.795. The van der Waals surface area contributed by atoms with Crippen molar-refractivity contribution in [3.05, 3.63) is 37.1 Å². The Balaban J connectivity index is 2.11. The molecule has 2 aromatic rings. The topological polar surface area (TPSA) is 60.2 Å². The lowest BCUT2D eigenvalue weighted by Crippen LogP contribution is -2.02. The number of aliphatic hydroxyl groups excluding tert-OH is 1. The summed E-state index contributed by atoms with van der Waals surface area (Å²) in [5.74, 6) is 1.43. The number of nitrogens with zero attached hydrogens (tertiary/aromatic N) is 3. The zero-order valence-corrected chi connectivity index (χ0v) is 8.08. The summed E-state index contributed by atoms with van der Waals surface area (Å²) < 4.78 is 6.99. The van der Waals surface area contributed by atoms with E-state index in [1.54, 1.807) is 29.4 Å². The highest BCUT2D eigenvalue weighted by Gasteiger charge is 1.97. The van der Waals surface area contributed by atoms with Crippen molar-refractivity contribution in [2.45, 2.75) is 0 Å². The molecule has 1 N–H and O–H groups in total. The van der Waals surface area contributed by atoms with Crippen LogP contribution in [0.4, 0.5) is 0 Å². The van der Waals surface area contributed by atoms with Crippen molar-refractivity contribution in [1.29, 1.82) is 0 Å². The summed E-state index contributed by atoms with van der Waals surface area (Å²) in [5.41, 5.74) is 0. The van der Waals surface area contributed by atoms with Gasteiger partial charge in [-0.15, -0.1) is 0 Å². The summed E-state index contributed by atoms with van der Waals surface area (Å²) in [4.78, 5) is 8.12. The standard InChI is InChI=1S/C10H11N3O2/c14-5-6-15-9-1-2-10(12-7-9)13-4-3-11-8-13/h1-4,7-8,14H,5-6H2. The van der Waals surface area contributed by atoms with Crippen LogP contribution in [-0.4, -0.2) is 32.9 Å². The average molecular weight is 205 g/mol. The number of hydrogen-bond acceptors (Lipinski definition) is 4. The Morgan fingerprint density at radius 3 is 2.93 bits per heavy atom. The van der Waals surface area contributed by atoms with Gasteiger partial charge in [-0.1, -0.05) is 0 Å². The van der Waals surface area contributed by atoms with E-state index in [9.17, 15) is 0 Å². The number of ether oxygens (including phenoxy) is 1. The third-order valence-corrected chi connectivity index (χ3v) is 1.85. The molecule has 0 bridgehead atoms. The van der Waals surface area contributed by atoms with Gasteiger partial charge in [0, 0.05) is 12.4 Å². The number of hydrogen-bond donors (Lipinski definition) is 1. The van der Waals surface area contributed by atoms with Crippen LogP contribution in [0.15, 0.2) is 37.1 Å². The molecule has 0 aromatic carbocycles. The summed E-state index contributed by atoms with van der Waals surface area (Å²) >= 11 is 0. The normalized spacial score (nSPS) is 10.2. The third-order valence-electron chi connectivity index (χ3n) is 1.85. The van der Waals surface area contributed by atoms with E-state index in [2.05, 4.69) is 9.97 Å². The minimum absolute atomic E-state index is 0.00325. The molecular weight excluding hydrogens is 194 g/mol. The monoisotopic (exact) mass is 205 g/mol. The van der Waals surface area contributed by atoms with E-state index in [0.29, 0.717) is 5.75 Å². The fraction of sp³-hybridized carbons (Fsp3) is 0.200. The van der Waals surface area contributed by atoms with Gasteiger partial charge in [0.05, 0.1) is 12.8 Å². The Kier molecular flexibility index (Phi) is 2.94. The van der Waals surface area contributed by atoms with Crippen molar-refractivity contribution in [2.75, 3.05) is 13.2 Å².